The monoisotopic (exact) mass is 449 g/mol. The number of fused-ring (bicyclic) bond motifs is 1. The standard InChI is InChI=1S/C22H23N7O2S/c1-3-18(13-23-6-1)14-28(22-26-21(27-32-22)29-10-8-25-15-29)9-2-7-24-12-17-4-5-19-20(11-17)31-16-30-19/h1,3-6,8,10-11,13,15,24H,2,7,9,12,14,16H2. The molecule has 32 heavy (non-hydrogen) atoms. The minimum atomic E-state index is 0.299. The molecular weight excluding hydrogens is 426 g/mol. The third-order valence-electron chi connectivity index (χ3n) is 5.05. The molecule has 10 heteroatoms. The second-order valence-corrected chi connectivity index (χ2v) is 8.08. The molecule has 9 nitrogen and oxygen atoms in total. The first-order valence-electron chi connectivity index (χ1n) is 10.4. The van der Waals surface area contributed by atoms with Gasteiger partial charge in [0.2, 0.25) is 17.9 Å². The van der Waals surface area contributed by atoms with Crippen LogP contribution in [0.15, 0.2) is 61.4 Å². The Hall–Kier alpha value is -3.50. The van der Waals surface area contributed by atoms with Gasteiger partial charge in [-0.1, -0.05) is 12.1 Å². The summed E-state index contributed by atoms with van der Waals surface area (Å²) in [4.78, 5) is 15.3. The fourth-order valence-electron chi connectivity index (χ4n) is 3.45. The minimum absolute atomic E-state index is 0.299. The van der Waals surface area contributed by atoms with Gasteiger partial charge in [-0.25, -0.2) is 4.98 Å². The van der Waals surface area contributed by atoms with E-state index in [1.54, 1.807) is 18.7 Å². The van der Waals surface area contributed by atoms with Crippen LogP contribution < -0.4 is 19.7 Å². The fraction of sp³-hybridized carbons (Fsp3) is 0.273. The number of imidazole rings is 1. The molecule has 0 unspecified atom stereocenters. The van der Waals surface area contributed by atoms with Crippen LogP contribution in [0.25, 0.3) is 5.95 Å². The van der Waals surface area contributed by atoms with Gasteiger partial charge in [0.25, 0.3) is 0 Å². The van der Waals surface area contributed by atoms with E-state index in [9.17, 15) is 0 Å². The summed E-state index contributed by atoms with van der Waals surface area (Å²) in [5.41, 5.74) is 2.32. The van der Waals surface area contributed by atoms with Gasteiger partial charge in [0.05, 0.1) is 0 Å². The Morgan fingerprint density at radius 2 is 2.06 bits per heavy atom. The largest absolute Gasteiger partial charge is 0.454 e. The lowest BCUT2D eigenvalue weighted by Crippen LogP contribution is -2.27. The van der Waals surface area contributed by atoms with Crippen molar-refractivity contribution >= 4 is 16.7 Å². The van der Waals surface area contributed by atoms with Crippen LogP contribution in [0, 0.1) is 0 Å². The van der Waals surface area contributed by atoms with Crippen LogP contribution in [0.5, 0.6) is 11.5 Å². The summed E-state index contributed by atoms with van der Waals surface area (Å²) in [5.74, 6) is 2.27. The number of nitrogens with zero attached hydrogens (tertiary/aromatic N) is 6. The lowest BCUT2D eigenvalue weighted by atomic mass is 10.2. The van der Waals surface area contributed by atoms with Gasteiger partial charge in [-0.05, 0) is 42.3 Å². The highest BCUT2D eigenvalue weighted by Crippen LogP contribution is 2.32. The van der Waals surface area contributed by atoms with Crippen molar-refractivity contribution in [1.29, 1.82) is 0 Å². The first-order valence-corrected chi connectivity index (χ1v) is 11.2. The Labute approximate surface area is 189 Å². The van der Waals surface area contributed by atoms with Gasteiger partial charge in [-0.3, -0.25) is 9.55 Å². The number of anilines is 1. The molecular formula is C22H23N7O2S. The van der Waals surface area contributed by atoms with E-state index in [1.165, 1.54) is 17.1 Å². The number of aromatic nitrogens is 5. The van der Waals surface area contributed by atoms with Crippen LogP contribution in [0.4, 0.5) is 5.13 Å². The maximum absolute atomic E-state index is 5.45. The third-order valence-corrected chi connectivity index (χ3v) is 5.82. The van der Waals surface area contributed by atoms with Crippen molar-refractivity contribution in [3.63, 3.8) is 0 Å². The van der Waals surface area contributed by atoms with Crippen molar-refractivity contribution < 1.29 is 9.47 Å². The van der Waals surface area contributed by atoms with E-state index < -0.39 is 0 Å². The van der Waals surface area contributed by atoms with Gasteiger partial charge < -0.3 is 19.7 Å². The van der Waals surface area contributed by atoms with Crippen LogP contribution in [0.1, 0.15) is 17.5 Å². The highest BCUT2D eigenvalue weighted by molar-refractivity contribution is 7.09. The summed E-state index contributed by atoms with van der Waals surface area (Å²) in [6.07, 6.45) is 9.91. The van der Waals surface area contributed by atoms with Crippen molar-refractivity contribution in [2.45, 2.75) is 19.5 Å². The molecule has 0 amide bonds. The predicted octanol–water partition coefficient (Wildman–Crippen LogP) is 3.03. The van der Waals surface area contributed by atoms with E-state index in [4.69, 9.17) is 14.5 Å². The van der Waals surface area contributed by atoms with Crippen molar-refractivity contribution in [2.75, 3.05) is 24.8 Å². The molecule has 0 aliphatic carbocycles. The summed E-state index contributed by atoms with van der Waals surface area (Å²) < 4.78 is 17.1. The van der Waals surface area contributed by atoms with Gasteiger partial charge in [0.1, 0.15) is 6.33 Å². The summed E-state index contributed by atoms with van der Waals surface area (Å²) >= 11 is 1.40. The smallest absolute Gasteiger partial charge is 0.248 e. The highest BCUT2D eigenvalue weighted by atomic mass is 32.1. The lowest BCUT2D eigenvalue weighted by Gasteiger charge is -2.21. The van der Waals surface area contributed by atoms with E-state index in [0.29, 0.717) is 12.7 Å². The quantitative estimate of drug-likeness (QED) is 0.370. The van der Waals surface area contributed by atoms with Crippen LogP contribution in [0.2, 0.25) is 0 Å². The SMILES string of the molecule is c1cncc(CN(CCCNCc2ccc3c(c2)OCO3)c2nc(-n3ccnc3)ns2)c1. The summed E-state index contributed by atoms with van der Waals surface area (Å²) in [7, 11) is 0. The Balaban J connectivity index is 1.18. The van der Waals surface area contributed by atoms with Gasteiger partial charge >= 0.3 is 0 Å². The molecule has 0 radical (unpaired) electrons. The predicted molar refractivity (Wildman–Crippen MR) is 121 cm³/mol. The number of benzene rings is 1. The van der Waals surface area contributed by atoms with Crippen LogP contribution in [-0.4, -0.2) is 43.8 Å². The maximum Gasteiger partial charge on any atom is 0.248 e. The fourth-order valence-corrected chi connectivity index (χ4v) is 4.14. The molecule has 4 aromatic rings. The molecule has 5 rings (SSSR count). The molecule has 1 aliphatic heterocycles. The van der Waals surface area contributed by atoms with Gasteiger partial charge in [0, 0.05) is 56.0 Å². The van der Waals surface area contributed by atoms with Gasteiger partial charge in [-0.15, -0.1) is 0 Å². The van der Waals surface area contributed by atoms with Crippen LogP contribution in [0.3, 0.4) is 0 Å². The molecule has 0 saturated heterocycles. The van der Waals surface area contributed by atoms with Crippen molar-refractivity contribution in [3.8, 4) is 17.4 Å². The zero-order valence-corrected chi connectivity index (χ0v) is 18.2. The molecule has 1 aliphatic rings. The summed E-state index contributed by atoms with van der Waals surface area (Å²) in [6, 6.07) is 10.1. The van der Waals surface area contributed by atoms with E-state index >= 15 is 0 Å². The Morgan fingerprint density at radius 3 is 2.94 bits per heavy atom. The molecule has 0 bridgehead atoms. The normalized spacial score (nSPS) is 12.2. The van der Waals surface area contributed by atoms with Crippen molar-refractivity contribution in [1.82, 2.24) is 29.2 Å². The first-order chi connectivity index (χ1) is 15.8. The Bertz CT molecular complexity index is 1130. The first kappa shape index (κ1) is 20.4. The molecule has 0 saturated carbocycles. The van der Waals surface area contributed by atoms with Crippen molar-refractivity contribution in [3.05, 3.63) is 72.6 Å². The zero-order valence-electron chi connectivity index (χ0n) is 17.4. The van der Waals surface area contributed by atoms with Gasteiger partial charge in [-0.2, -0.15) is 9.36 Å². The zero-order chi connectivity index (χ0) is 21.6. The summed E-state index contributed by atoms with van der Waals surface area (Å²) in [6.45, 7) is 3.54. The second kappa shape index (κ2) is 9.75. The topological polar surface area (TPSA) is 90.2 Å². The van der Waals surface area contributed by atoms with E-state index in [1.807, 2.05) is 35.2 Å². The number of hydrogen-bond donors (Lipinski definition) is 1. The molecule has 0 atom stereocenters. The van der Waals surface area contributed by atoms with E-state index in [2.05, 4.69) is 36.7 Å². The van der Waals surface area contributed by atoms with Crippen molar-refractivity contribution in [2.24, 2.45) is 0 Å². The second-order valence-electron chi connectivity index (χ2n) is 7.35. The molecule has 4 heterocycles. The molecule has 1 aromatic carbocycles. The number of ether oxygens (including phenoxy) is 2. The number of hydrogen-bond acceptors (Lipinski definition) is 9. The van der Waals surface area contributed by atoms with Crippen LogP contribution in [-0.2, 0) is 13.1 Å². The molecule has 1 N–H and O–H groups in total. The Kier molecular flexibility index (Phi) is 6.22. The third kappa shape index (κ3) is 4.87. The van der Waals surface area contributed by atoms with E-state index in [-0.39, 0.29) is 0 Å². The number of nitrogens with one attached hydrogen (secondary N) is 1. The van der Waals surface area contributed by atoms with Gasteiger partial charge in [0.15, 0.2) is 11.5 Å². The molecule has 164 valence electrons. The maximum atomic E-state index is 5.45. The number of pyridine rings is 1. The molecule has 3 aromatic heterocycles. The minimum Gasteiger partial charge on any atom is -0.454 e. The Morgan fingerprint density at radius 1 is 1.09 bits per heavy atom. The summed E-state index contributed by atoms with van der Waals surface area (Å²) in [5, 5.41) is 4.39. The van der Waals surface area contributed by atoms with Crippen LogP contribution >= 0.6 is 11.5 Å². The molecule has 0 fully saturated rings. The number of rotatable bonds is 10. The van der Waals surface area contributed by atoms with E-state index in [0.717, 1.165) is 54.8 Å². The molecule has 0 spiro atoms. The lowest BCUT2D eigenvalue weighted by molar-refractivity contribution is 0.174. The average Bonchev–Trinajstić information content (AvgIpc) is 3.60. The highest BCUT2D eigenvalue weighted by Gasteiger charge is 2.15. The average molecular weight is 450 g/mol.